The van der Waals surface area contributed by atoms with Crippen molar-refractivity contribution in [1.29, 1.82) is 0 Å². The Balaban J connectivity index is 3.28. The molecule has 0 aliphatic carbocycles. The topological polar surface area (TPSA) is 60.9 Å². The first kappa shape index (κ1) is 7.94. The maximum Gasteiger partial charge on any atom is 0.257 e. The summed E-state index contributed by atoms with van der Waals surface area (Å²) >= 11 is 0. The third-order valence-electron chi connectivity index (χ3n) is 1.47. The molecule has 1 unspecified atom stereocenters. The summed E-state index contributed by atoms with van der Waals surface area (Å²) in [6, 6.07) is 0. The Morgan fingerprint density at radius 3 is 2.82 bits per heavy atom. The van der Waals surface area contributed by atoms with Crippen molar-refractivity contribution in [3.05, 3.63) is 28.4 Å². The van der Waals surface area contributed by atoms with Crippen LogP contribution >= 0.6 is 0 Å². The van der Waals surface area contributed by atoms with E-state index in [-0.39, 0.29) is 11.7 Å². The quantitative estimate of drug-likeness (QED) is 0.619. The van der Waals surface area contributed by atoms with Crippen molar-refractivity contribution < 1.29 is 0 Å². The van der Waals surface area contributed by atoms with E-state index >= 15 is 0 Å². The molecule has 4 heteroatoms. The maximum absolute atomic E-state index is 11.3. The molecule has 2 N–H and O–H groups in total. The van der Waals surface area contributed by atoms with E-state index < -0.39 is 0 Å². The minimum absolute atomic E-state index is 0.0741. The van der Waals surface area contributed by atoms with E-state index in [4.69, 9.17) is 5.73 Å². The second-order valence-corrected chi connectivity index (χ2v) is 2.53. The third kappa shape index (κ3) is 1.46. The molecule has 1 aromatic heterocycles. The van der Waals surface area contributed by atoms with Gasteiger partial charge in [-0.05, 0) is 13.8 Å². The number of hydrogen-bond donors (Lipinski definition) is 1. The lowest BCUT2D eigenvalue weighted by atomic mass is 10.4. The minimum atomic E-state index is -0.310. The summed E-state index contributed by atoms with van der Waals surface area (Å²) in [4.78, 5) is 15.1. The maximum atomic E-state index is 11.3. The SMILES string of the molecule is Cc1cncn(C(C)N)c1=O. The molecule has 1 aromatic rings. The van der Waals surface area contributed by atoms with E-state index in [1.54, 1.807) is 13.8 Å². The van der Waals surface area contributed by atoms with Gasteiger partial charge in [0.05, 0.1) is 12.5 Å². The van der Waals surface area contributed by atoms with Crippen LogP contribution in [0.25, 0.3) is 0 Å². The van der Waals surface area contributed by atoms with Crippen LogP contribution in [0.2, 0.25) is 0 Å². The molecule has 0 radical (unpaired) electrons. The van der Waals surface area contributed by atoms with Crippen LogP contribution < -0.4 is 11.3 Å². The number of nitrogens with two attached hydrogens (primary N) is 1. The van der Waals surface area contributed by atoms with Crippen molar-refractivity contribution in [2.45, 2.75) is 20.0 Å². The van der Waals surface area contributed by atoms with Crippen molar-refractivity contribution >= 4 is 0 Å². The molecular weight excluding hydrogens is 142 g/mol. The van der Waals surface area contributed by atoms with Gasteiger partial charge in [-0.25, -0.2) is 4.98 Å². The van der Waals surface area contributed by atoms with E-state index in [9.17, 15) is 4.79 Å². The zero-order chi connectivity index (χ0) is 8.43. The van der Waals surface area contributed by atoms with Crippen LogP contribution in [-0.4, -0.2) is 9.55 Å². The molecule has 60 valence electrons. The third-order valence-corrected chi connectivity index (χ3v) is 1.47. The Morgan fingerprint density at radius 1 is 1.73 bits per heavy atom. The van der Waals surface area contributed by atoms with Gasteiger partial charge in [-0.1, -0.05) is 0 Å². The van der Waals surface area contributed by atoms with E-state index in [1.165, 1.54) is 17.1 Å². The minimum Gasteiger partial charge on any atom is -0.311 e. The van der Waals surface area contributed by atoms with Gasteiger partial charge in [-0.3, -0.25) is 9.36 Å². The predicted molar refractivity (Wildman–Crippen MR) is 42.1 cm³/mol. The average molecular weight is 153 g/mol. The molecule has 11 heavy (non-hydrogen) atoms. The van der Waals surface area contributed by atoms with Crippen LogP contribution in [0.15, 0.2) is 17.3 Å². The fourth-order valence-electron chi connectivity index (χ4n) is 0.818. The lowest BCUT2D eigenvalue weighted by Gasteiger charge is -2.08. The molecule has 1 atom stereocenters. The molecule has 0 aliphatic heterocycles. The molecule has 0 saturated heterocycles. The van der Waals surface area contributed by atoms with Crippen molar-refractivity contribution in [2.24, 2.45) is 5.73 Å². The van der Waals surface area contributed by atoms with Gasteiger partial charge in [0.15, 0.2) is 0 Å². The molecule has 0 amide bonds. The predicted octanol–water partition coefficient (Wildman–Crippen LogP) is 0.0289. The van der Waals surface area contributed by atoms with Crippen molar-refractivity contribution in [1.82, 2.24) is 9.55 Å². The zero-order valence-electron chi connectivity index (χ0n) is 6.61. The molecule has 0 aliphatic rings. The van der Waals surface area contributed by atoms with Gasteiger partial charge in [0.2, 0.25) is 0 Å². The standard InChI is InChI=1S/C7H11N3O/c1-5-3-9-4-10(6(2)8)7(5)11/h3-4,6H,8H2,1-2H3. The summed E-state index contributed by atoms with van der Waals surface area (Å²) in [5.74, 6) is 0. The number of aromatic nitrogens is 2. The van der Waals surface area contributed by atoms with Crippen LogP contribution in [-0.2, 0) is 0 Å². The van der Waals surface area contributed by atoms with Gasteiger partial charge < -0.3 is 5.73 Å². The highest BCUT2D eigenvalue weighted by molar-refractivity contribution is 5.00. The molecule has 4 nitrogen and oxygen atoms in total. The fraction of sp³-hybridized carbons (Fsp3) is 0.429. The molecule has 1 rings (SSSR count). The molecule has 0 fully saturated rings. The van der Waals surface area contributed by atoms with Gasteiger partial charge in [-0.2, -0.15) is 0 Å². The Labute approximate surface area is 64.7 Å². The Kier molecular flexibility index (Phi) is 2.05. The molecular formula is C7H11N3O. The van der Waals surface area contributed by atoms with Crippen LogP contribution in [0.5, 0.6) is 0 Å². The Bertz CT molecular complexity index is 303. The highest BCUT2D eigenvalue weighted by atomic mass is 16.1. The van der Waals surface area contributed by atoms with Crippen LogP contribution in [0, 0.1) is 6.92 Å². The first-order chi connectivity index (χ1) is 5.13. The fourth-order valence-corrected chi connectivity index (χ4v) is 0.818. The average Bonchev–Trinajstić information content (AvgIpc) is 1.94. The lowest BCUT2D eigenvalue weighted by Crippen LogP contribution is -2.29. The highest BCUT2D eigenvalue weighted by Gasteiger charge is 2.01. The largest absolute Gasteiger partial charge is 0.311 e. The van der Waals surface area contributed by atoms with Crippen molar-refractivity contribution in [3.8, 4) is 0 Å². The second-order valence-electron chi connectivity index (χ2n) is 2.53. The number of aryl methyl sites for hydroxylation is 1. The van der Waals surface area contributed by atoms with E-state index in [0.717, 1.165) is 0 Å². The van der Waals surface area contributed by atoms with Crippen LogP contribution in [0.3, 0.4) is 0 Å². The van der Waals surface area contributed by atoms with Crippen LogP contribution in [0.4, 0.5) is 0 Å². The molecule has 1 heterocycles. The zero-order valence-corrected chi connectivity index (χ0v) is 6.61. The molecule has 0 bridgehead atoms. The smallest absolute Gasteiger partial charge is 0.257 e. The summed E-state index contributed by atoms with van der Waals surface area (Å²) in [6.07, 6.45) is 2.66. The molecule has 0 saturated carbocycles. The van der Waals surface area contributed by atoms with Gasteiger partial charge in [0, 0.05) is 11.8 Å². The number of hydrogen-bond acceptors (Lipinski definition) is 3. The van der Waals surface area contributed by atoms with E-state index in [1.807, 2.05) is 0 Å². The summed E-state index contributed by atoms with van der Waals surface area (Å²) in [6.45, 7) is 3.46. The summed E-state index contributed by atoms with van der Waals surface area (Å²) < 4.78 is 1.40. The van der Waals surface area contributed by atoms with E-state index in [0.29, 0.717) is 5.56 Å². The lowest BCUT2D eigenvalue weighted by molar-refractivity contribution is 0.539. The van der Waals surface area contributed by atoms with Gasteiger partial charge in [-0.15, -0.1) is 0 Å². The summed E-state index contributed by atoms with van der Waals surface area (Å²) in [5.41, 5.74) is 6.05. The van der Waals surface area contributed by atoms with E-state index in [2.05, 4.69) is 4.98 Å². The van der Waals surface area contributed by atoms with Crippen LogP contribution in [0.1, 0.15) is 18.7 Å². The van der Waals surface area contributed by atoms with Crippen molar-refractivity contribution in [3.63, 3.8) is 0 Å². The first-order valence-corrected chi connectivity index (χ1v) is 3.41. The second kappa shape index (κ2) is 2.84. The normalized spacial score (nSPS) is 13.0. The van der Waals surface area contributed by atoms with Gasteiger partial charge in [0.25, 0.3) is 5.56 Å². The Hall–Kier alpha value is -1.16. The first-order valence-electron chi connectivity index (χ1n) is 3.41. The molecule has 0 aromatic carbocycles. The monoisotopic (exact) mass is 153 g/mol. The highest BCUT2D eigenvalue weighted by Crippen LogP contribution is 1.91. The summed E-state index contributed by atoms with van der Waals surface area (Å²) in [7, 11) is 0. The van der Waals surface area contributed by atoms with Gasteiger partial charge in [0.1, 0.15) is 0 Å². The number of rotatable bonds is 1. The summed E-state index contributed by atoms with van der Waals surface area (Å²) in [5, 5.41) is 0. The van der Waals surface area contributed by atoms with Crippen molar-refractivity contribution in [2.75, 3.05) is 0 Å². The van der Waals surface area contributed by atoms with Gasteiger partial charge >= 0.3 is 0 Å². The number of nitrogens with zero attached hydrogens (tertiary/aromatic N) is 2. The Morgan fingerprint density at radius 2 is 2.36 bits per heavy atom. The molecule has 0 spiro atoms.